The SMILES string of the molecule is O=P(O)(O)OCCCCCCNC(=S)S. The summed E-state index contributed by atoms with van der Waals surface area (Å²) in [6.07, 6.45) is 3.45. The van der Waals surface area contributed by atoms with Crippen LogP contribution in [0, 0.1) is 0 Å². The van der Waals surface area contributed by atoms with Gasteiger partial charge in [-0.25, -0.2) is 4.57 Å². The van der Waals surface area contributed by atoms with E-state index in [-0.39, 0.29) is 6.61 Å². The van der Waals surface area contributed by atoms with Crippen molar-refractivity contribution >= 4 is 37.0 Å². The third kappa shape index (κ3) is 14.4. The van der Waals surface area contributed by atoms with Crippen molar-refractivity contribution in [2.75, 3.05) is 13.2 Å². The van der Waals surface area contributed by atoms with Crippen LogP contribution in [0.25, 0.3) is 0 Å². The van der Waals surface area contributed by atoms with Crippen LogP contribution in [0.3, 0.4) is 0 Å². The molecule has 15 heavy (non-hydrogen) atoms. The van der Waals surface area contributed by atoms with Gasteiger partial charge in [-0.2, -0.15) is 0 Å². The highest BCUT2D eigenvalue weighted by atomic mass is 32.1. The van der Waals surface area contributed by atoms with E-state index in [1.165, 1.54) is 0 Å². The molecule has 3 N–H and O–H groups in total. The Labute approximate surface area is 100 Å². The second-order valence-corrected chi connectivity index (χ2v) is 5.37. The molecule has 0 atom stereocenters. The number of phosphoric acid groups is 1. The number of phosphoric ester groups is 1. The quantitative estimate of drug-likeness (QED) is 0.232. The lowest BCUT2D eigenvalue weighted by Gasteiger charge is -2.05. The van der Waals surface area contributed by atoms with Gasteiger partial charge in [-0.05, 0) is 12.8 Å². The van der Waals surface area contributed by atoms with Crippen LogP contribution < -0.4 is 5.32 Å². The number of unbranched alkanes of at least 4 members (excludes halogenated alkanes) is 3. The molecule has 90 valence electrons. The van der Waals surface area contributed by atoms with Crippen molar-refractivity contribution in [1.82, 2.24) is 5.32 Å². The Morgan fingerprint density at radius 3 is 2.47 bits per heavy atom. The number of thiocarbonyl (C=S) groups is 1. The molecule has 0 heterocycles. The van der Waals surface area contributed by atoms with Gasteiger partial charge >= 0.3 is 7.82 Å². The highest BCUT2D eigenvalue weighted by Crippen LogP contribution is 2.35. The van der Waals surface area contributed by atoms with Gasteiger partial charge in [0, 0.05) is 6.54 Å². The third-order valence-corrected chi connectivity index (χ3v) is 2.43. The van der Waals surface area contributed by atoms with Crippen molar-refractivity contribution in [3.05, 3.63) is 0 Å². The lowest BCUT2D eigenvalue weighted by atomic mass is 10.2. The standard InChI is InChI=1S/C7H16NO4PS2/c9-13(10,11)12-6-4-2-1-3-5-8-7(14)15/h1-6H2,(H2,8,14,15)(H2,9,10,11). The number of rotatable bonds is 8. The van der Waals surface area contributed by atoms with E-state index in [0.717, 1.165) is 25.8 Å². The van der Waals surface area contributed by atoms with Gasteiger partial charge in [0.1, 0.15) is 4.32 Å². The summed E-state index contributed by atoms with van der Waals surface area (Å²) < 4.78 is 15.1. The van der Waals surface area contributed by atoms with Crippen LogP contribution in [0.2, 0.25) is 0 Å². The van der Waals surface area contributed by atoms with Crippen molar-refractivity contribution in [1.29, 1.82) is 0 Å². The summed E-state index contributed by atoms with van der Waals surface area (Å²) in [5.41, 5.74) is 0. The second kappa shape index (κ2) is 8.50. The first-order chi connectivity index (χ1) is 6.92. The summed E-state index contributed by atoms with van der Waals surface area (Å²) in [6, 6.07) is 0. The van der Waals surface area contributed by atoms with Gasteiger partial charge in [-0.3, -0.25) is 4.52 Å². The van der Waals surface area contributed by atoms with Crippen LogP contribution in [0.4, 0.5) is 0 Å². The van der Waals surface area contributed by atoms with E-state index in [1.54, 1.807) is 0 Å². The Bertz CT molecular complexity index is 233. The molecule has 0 spiro atoms. The molecule has 0 saturated heterocycles. The fourth-order valence-electron chi connectivity index (χ4n) is 0.959. The van der Waals surface area contributed by atoms with E-state index >= 15 is 0 Å². The summed E-state index contributed by atoms with van der Waals surface area (Å²) in [7, 11) is -4.28. The van der Waals surface area contributed by atoms with Crippen LogP contribution in [0.15, 0.2) is 0 Å². The molecule has 0 saturated carbocycles. The maximum absolute atomic E-state index is 10.3. The minimum absolute atomic E-state index is 0.0999. The highest BCUT2D eigenvalue weighted by molar-refractivity contribution is 8.11. The number of thiol groups is 1. The molecule has 0 unspecified atom stereocenters. The van der Waals surface area contributed by atoms with Gasteiger partial charge in [-0.15, -0.1) is 12.6 Å². The lowest BCUT2D eigenvalue weighted by molar-refractivity contribution is 0.193. The summed E-state index contributed by atoms with van der Waals surface area (Å²) >= 11 is 8.60. The molecule has 8 heteroatoms. The van der Waals surface area contributed by atoms with E-state index in [1.807, 2.05) is 0 Å². The molecular formula is C7H16NO4PS2. The van der Waals surface area contributed by atoms with E-state index in [0.29, 0.717) is 10.7 Å². The van der Waals surface area contributed by atoms with Gasteiger partial charge in [0.15, 0.2) is 0 Å². The van der Waals surface area contributed by atoms with Gasteiger partial charge in [-0.1, -0.05) is 25.1 Å². The lowest BCUT2D eigenvalue weighted by Crippen LogP contribution is -2.17. The smallest absolute Gasteiger partial charge is 0.371 e. The fraction of sp³-hybridized carbons (Fsp3) is 0.857. The Morgan fingerprint density at radius 1 is 1.33 bits per heavy atom. The van der Waals surface area contributed by atoms with Crippen LogP contribution in [-0.4, -0.2) is 27.3 Å². The monoisotopic (exact) mass is 273 g/mol. The summed E-state index contributed by atoms with van der Waals surface area (Å²) in [6.45, 7) is 0.879. The minimum Gasteiger partial charge on any atom is -0.371 e. The zero-order chi connectivity index (χ0) is 11.7. The minimum atomic E-state index is -4.28. The van der Waals surface area contributed by atoms with Crippen LogP contribution in [0.5, 0.6) is 0 Å². The van der Waals surface area contributed by atoms with Crippen LogP contribution >= 0.6 is 32.7 Å². The molecule has 0 radical (unpaired) electrons. The largest absolute Gasteiger partial charge is 0.469 e. The predicted molar refractivity (Wildman–Crippen MR) is 66.1 cm³/mol. The first kappa shape index (κ1) is 15.3. The number of hydrogen-bond donors (Lipinski definition) is 4. The zero-order valence-corrected chi connectivity index (χ0v) is 10.9. The third-order valence-electron chi connectivity index (χ3n) is 1.61. The molecule has 0 aliphatic heterocycles. The molecule has 0 fully saturated rings. The second-order valence-electron chi connectivity index (χ2n) is 2.97. The molecular weight excluding hydrogens is 257 g/mol. The van der Waals surface area contributed by atoms with Crippen LogP contribution in [-0.2, 0) is 9.09 Å². The van der Waals surface area contributed by atoms with Crippen molar-refractivity contribution in [2.45, 2.75) is 25.7 Å². The first-order valence-electron chi connectivity index (χ1n) is 4.59. The molecule has 5 nitrogen and oxygen atoms in total. The van der Waals surface area contributed by atoms with E-state index < -0.39 is 7.82 Å². The van der Waals surface area contributed by atoms with Gasteiger partial charge < -0.3 is 15.1 Å². The van der Waals surface area contributed by atoms with E-state index in [9.17, 15) is 4.57 Å². The van der Waals surface area contributed by atoms with Crippen LogP contribution in [0.1, 0.15) is 25.7 Å². The summed E-state index contributed by atoms with van der Waals surface area (Å²) in [5, 5.41) is 2.90. The first-order valence-corrected chi connectivity index (χ1v) is 6.97. The Balaban J connectivity index is 3.12. The average Bonchev–Trinajstić information content (AvgIpc) is 2.07. The van der Waals surface area contributed by atoms with E-state index in [4.69, 9.17) is 22.0 Å². The maximum atomic E-state index is 10.3. The molecule has 0 amide bonds. The number of nitrogens with one attached hydrogen (secondary N) is 1. The molecule has 0 aliphatic carbocycles. The summed E-state index contributed by atoms with van der Waals surface area (Å²) in [5.74, 6) is 0. The van der Waals surface area contributed by atoms with Crippen molar-refractivity contribution < 1.29 is 18.9 Å². The van der Waals surface area contributed by atoms with Crippen molar-refractivity contribution in [2.24, 2.45) is 0 Å². The van der Waals surface area contributed by atoms with Gasteiger partial charge in [0.05, 0.1) is 6.61 Å². The Hall–Kier alpha value is 0.350. The normalized spacial score (nSPS) is 11.4. The van der Waals surface area contributed by atoms with Crippen molar-refractivity contribution in [3.63, 3.8) is 0 Å². The average molecular weight is 273 g/mol. The maximum Gasteiger partial charge on any atom is 0.469 e. The fourth-order valence-corrected chi connectivity index (χ4v) is 1.54. The molecule has 0 aromatic rings. The molecule has 0 aromatic carbocycles. The topological polar surface area (TPSA) is 78.8 Å². The van der Waals surface area contributed by atoms with Gasteiger partial charge in [0.25, 0.3) is 0 Å². The number of hydrogen-bond acceptors (Lipinski definition) is 3. The zero-order valence-electron chi connectivity index (χ0n) is 8.26. The Kier molecular flexibility index (Phi) is 8.69. The van der Waals surface area contributed by atoms with Gasteiger partial charge in [0.2, 0.25) is 0 Å². The predicted octanol–water partition coefficient (Wildman–Crippen LogP) is 1.46. The molecule has 0 bridgehead atoms. The highest BCUT2D eigenvalue weighted by Gasteiger charge is 2.12. The molecule has 0 aromatic heterocycles. The van der Waals surface area contributed by atoms with Crippen molar-refractivity contribution in [3.8, 4) is 0 Å². The van der Waals surface area contributed by atoms with E-state index in [2.05, 4.69) is 22.5 Å². The molecule has 0 aliphatic rings. The Morgan fingerprint density at radius 2 is 1.93 bits per heavy atom. The summed E-state index contributed by atoms with van der Waals surface area (Å²) in [4.78, 5) is 16.8. The molecule has 0 rings (SSSR count).